The molecule has 0 amide bonds. The molecule has 0 aliphatic rings. The minimum absolute atomic E-state index is 0.384. The molecule has 5 heteroatoms. The summed E-state index contributed by atoms with van der Waals surface area (Å²) >= 11 is 0. The second-order valence-electron chi connectivity index (χ2n) is 2.80. The van der Waals surface area contributed by atoms with Crippen LogP contribution in [0.2, 0.25) is 0 Å². The number of nitrogens with zero attached hydrogens (tertiary/aromatic N) is 4. The average molecular weight is 168 g/mol. The van der Waals surface area contributed by atoms with Gasteiger partial charge in [-0.1, -0.05) is 12.1 Å². The highest BCUT2D eigenvalue weighted by molar-refractivity contribution is 5.66. The van der Waals surface area contributed by atoms with Gasteiger partial charge in [0.25, 0.3) is 0 Å². The van der Waals surface area contributed by atoms with E-state index >= 15 is 0 Å². The van der Waals surface area contributed by atoms with Gasteiger partial charge in [0.2, 0.25) is 0 Å². The lowest BCUT2D eigenvalue weighted by Crippen LogP contribution is -2.31. The highest BCUT2D eigenvalue weighted by Crippen LogP contribution is 2.15. The molecule has 1 heterocycles. The molecule has 0 fully saturated rings. The molecule has 1 atom stereocenters. The van der Waals surface area contributed by atoms with Gasteiger partial charge in [-0.05, 0) is 13.3 Å². The van der Waals surface area contributed by atoms with E-state index in [1.807, 2.05) is 13.8 Å². The molecule has 12 heavy (non-hydrogen) atoms. The van der Waals surface area contributed by atoms with E-state index in [1.54, 1.807) is 11.0 Å². The second kappa shape index (κ2) is 3.34. The first-order valence-electron chi connectivity index (χ1n) is 3.76. The Balaban J connectivity index is 2.95. The fraction of sp³-hybridized carbons (Fsp3) is 0.571. The quantitative estimate of drug-likeness (QED) is 0.413. The highest BCUT2D eigenvalue weighted by Gasteiger charge is 2.22. The number of rotatable bonds is 3. The Labute approximate surface area is 70.7 Å². The maximum Gasteiger partial charge on any atom is 0.137 e. The van der Waals surface area contributed by atoms with Crippen LogP contribution in [-0.4, -0.2) is 26.2 Å². The Morgan fingerprint density at radius 2 is 2.50 bits per heavy atom. The minimum Gasteiger partial charge on any atom is -0.411 e. The van der Waals surface area contributed by atoms with E-state index in [-0.39, 0.29) is 5.54 Å². The molecule has 0 aromatic carbocycles. The van der Waals surface area contributed by atoms with Crippen molar-refractivity contribution in [3.63, 3.8) is 0 Å². The molecule has 66 valence electrons. The van der Waals surface area contributed by atoms with Crippen LogP contribution in [0.4, 0.5) is 0 Å². The molecule has 0 spiro atoms. The van der Waals surface area contributed by atoms with Gasteiger partial charge < -0.3 is 5.21 Å². The zero-order chi connectivity index (χ0) is 9.03. The van der Waals surface area contributed by atoms with Crippen LogP contribution in [0, 0.1) is 0 Å². The van der Waals surface area contributed by atoms with E-state index in [9.17, 15) is 0 Å². The summed E-state index contributed by atoms with van der Waals surface area (Å²) in [5.74, 6) is 0. The van der Waals surface area contributed by atoms with Gasteiger partial charge in [-0.25, -0.2) is 9.67 Å². The molecule has 0 saturated carbocycles. The van der Waals surface area contributed by atoms with Gasteiger partial charge >= 0.3 is 0 Å². The minimum atomic E-state index is -0.384. The Morgan fingerprint density at radius 1 is 1.75 bits per heavy atom. The first kappa shape index (κ1) is 8.70. The van der Waals surface area contributed by atoms with Crippen LogP contribution in [0.25, 0.3) is 0 Å². The molecule has 1 aromatic rings. The number of hydrogen-bond acceptors (Lipinski definition) is 4. The van der Waals surface area contributed by atoms with Crippen molar-refractivity contribution in [2.45, 2.75) is 25.8 Å². The topological polar surface area (TPSA) is 63.3 Å². The van der Waals surface area contributed by atoms with Crippen molar-refractivity contribution in [3.8, 4) is 0 Å². The maximum absolute atomic E-state index is 8.44. The molecule has 5 nitrogen and oxygen atoms in total. The molecule has 0 saturated heterocycles. The summed E-state index contributed by atoms with van der Waals surface area (Å²) < 4.78 is 1.66. The largest absolute Gasteiger partial charge is 0.411 e. The van der Waals surface area contributed by atoms with Crippen molar-refractivity contribution in [2.75, 3.05) is 0 Å². The van der Waals surface area contributed by atoms with Gasteiger partial charge in [0.05, 0.1) is 11.8 Å². The van der Waals surface area contributed by atoms with Crippen LogP contribution in [0.15, 0.2) is 17.8 Å². The zero-order valence-electron chi connectivity index (χ0n) is 7.18. The predicted molar refractivity (Wildman–Crippen MR) is 44.2 cm³/mol. The summed E-state index contributed by atoms with van der Waals surface area (Å²) in [5, 5.41) is 15.4. The van der Waals surface area contributed by atoms with Crippen LogP contribution < -0.4 is 0 Å². The molecule has 1 unspecified atom stereocenters. The Bertz CT molecular complexity index is 256. The lowest BCUT2D eigenvalue weighted by Gasteiger charge is -2.22. The summed E-state index contributed by atoms with van der Waals surface area (Å²) in [6, 6.07) is 0. The molecule has 0 aliphatic carbocycles. The summed E-state index contributed by atoms with van der Waals surface area (Å²) in [6.45, 7) is 3.91. The Kier molecular flexibility index (Phi) is 2.42. The van der Waals surface area contributed by atoms with Gasteiger partial charge in [-0.2, -0.15) is 5.10 Å². The van der Waals surface area contributed by atoms with Crippen molar-refractivity contribution in [3.05, 3.63) is 12.7 Å². The van der Waals surface area contributed by atoms with Crippen LogP contribution >= 0.6 is 0 Å². The molecule has 1 rings (SSSR count). The van der Waals surface area contributed by atoms with Gasteiger partial charge in [-0.15, -0.1) is 0 Å². The first-order chi connectivity index (χ1) is 5.73. The Morgan fingerprint density at radius 3 is 2.92 bits per heavy atom. The standard InChI is InChI=1S/C7H12N4O/c1-3-7(2,4-10-12)11-6-8-5-9-11/h4-6,12H,3H2,1-2H3. The third-order valence-electron chi connectivity index (χ3n) is 1.99. The van der Waals surface area contributed by atoms with Crippen LogP contribution in [0.5, 0.6) is 0 Å². The smallest absolute Gasteiger partial charge is 0.137 e. The predicted octanol–water partition coefficient (Wildman–Crippen LogP) is 0.863. The summed E-state index contributed by atoms with van der Waals surface area (Å²) in [6.07, 6.45) is 5.30. The number of aromatic nitrogens is 3. The summed E-state index contributed by atoms with van der Waals surface area (Å²) in [4.78, 5) is 3.83. The normalized spacial score (nSPS) is 16.5. The molecule has 0 aliphatic heterocycles. The summed E-state index contributed by atoms with van der Waals surface area (Å²) in [5.41, 5.74) is -0.384. The third-order valence-corrected chi connectivity index (χ3v) is 1.99. The van der Waals surface area contributed by atoms with Gasteiger partial charge in [-0.3, -0.25) is 0 Å². The monoisotopic (exact) mass is 168 g/mol. The van der Waals surface area contributed by atoms with E-state index in [4.69, 9.17) is 5.21 Å². The average Bonchev–Trinajstić information content (AvgIpc) is 2.57. The lowest BCUT2D eigenvalue weighted by molar-refractivity contribution is 0.305. The van der Waals surface area contributed by atoms with E-state index in [0.717, 1.165) is 6.42 Å². The molecular formula is C7H12N4O. The molecule has 1 N–H and O–H groups in total. The first-order valence-corrected chi connectivity index (χ1v) is 3.76. The van der Waals surface area contributed by atoms with Crippen molar-refractivity contribution < 1.29 is 5.21 Å². The lowest BCUT2D eigenvalue weighted by atomic mass is 10.0. The highest BCUT2D eigenvalue weighted by atomic mass is 16.4. The van der Waals surface area contributed by atoms with E-state index in [0.29, 0.717) is 0 Å². The van der Waals surface area contributed by atoms with Gasteiger partial charge in [0.1, 0.15) is 12.7 Å². The number of oxime groups is 1. The SMILES string of the molecule is CCC(C)(C=NO)n1cncn1. The van der Waals surface area contributed by atoms with Crippen LogP contribution in [0.1, 0.15) is 20.3 Å². The van der Waals surface area contributed by atoms with E-state index < -0.39 is 0 Å². The van der Waals surface area contributed by atoms with Crippen molar-refractivity contribution in [2.24, 2.45) is 5.16 Å². The third kappa shape index (κ3) is 1.44. The Hall–Kier alpha value is -1.39. The number of hydrogen-bond donors (Lipinski definition) is 1. The van der Waals surface area contributed by atoms with Crippen LogP contribution in [0.3, 0.4) is 0 Å². The van der Waals surface area contributed by atoms with E-state index in [1.165, 1.54) is 12.5 Å². The summed E-state index contributed by atoms with van der Waals surface area (Å²) in [7, 11) is 0. The molecular weight excluding hydrogens is 156 g/mol. The van der Waals surface area contributed by atoms with Crippen molar-refractivity contribution in [1.82, 2.24) is 14.8 Å². The second-order valence-corrected chi connectivity index (χ2v) is 2.80. The van der Waals surface area contributed by atoms with Gasteiger partial charge in [0.15, 0.2) is 0 Å². The fourth-order valence-corrected chi connectivity index (χ4v) is 0.909. The maximum atomic E-state index is 8.44. The molecule has 0 bridgehead atoms. The molecule has 0 radical (unpaired) electrons. The van der Waals surface area contributed by atoms with Crippen LogP contribution in [-0.2, 0) is 5.54 Å². The zero-order valence-corrected chi connectivity index (χ0v) is 7.18. The van der Waals surface area contributed by atoms with Gasteiger partial charge in [0, 0.05) is 0 Å². The fourth-order valence-electron chi connectivity index (χ4n) is 0.909. The van der Waals surface area contributed by atoms with E-state index in [2.05, 4.69) is 15.2 Å². The van der Waals surface area contributed by atoms with Crippen molar-refractivity contribution >= 4 is 6.21 Å². The molecule has 1 aromatic heterocycles. The van der Waals surface area contributed by atoms with Crippen molar-refractivity contribution in [1.29, 1.82) is 0 Å².